The van der Waals surface area contributed by atoms with E-state index in [1.807, 2.05) is 24.3 Å². The monoisotopic (exact) mass is 375 g/mol. The maximum absolute atomic E-state index is 5.97. The van der Waals surface area contributed by atoms with Crippen LogP contribution in [0, 0.1) is 0 Å². The van der Waals surface area contributed by atoms with Crippen LogP contribution >= 0.6 is 11.6 Å². The van der Waals surface area contributed by atoms with Crippen LogP contribution in [0.2, 0.25) is 5.02 Å². The molecule has 1 unspecified atom stereocenters. The van der Waals surface area contributed by atoms with Crippen LogP contribution in [-0.4, -0.2) is 60.4 Å². The quantitative estimate of drug-likeness (QED) is 0.797. The van der Waals surface area contributed by atoms with E-state index in [1.165, 1.54) is 19.3 Å². The lowest BCUT2D eigenvalue weighted by atomic mass is 10.0. The first-order valence-corrected chi connectivity index (χ1v) is 9.91. The average molecular weight is 376 g/mol. The van der Waals surface area contributed by atoms with Crippen molar-refractivity contribution < 1.29 is 9.26 Å². The molecule has 3 heterocycles. The van der Waals surface area contributed by atoms with Gasteiger partial charge >= 0.3 is 0 Å². The molecule has 0 amide bonds. The molecule has 0 saturated carbocycles. The van der Waals surface area contributed by atoms with Gasteiger partial charge in [-0.1, -0.05) is 35.3 Å². The van der Waals surface area contributed by atoms with Crippen LogP contribution in [0.5, 0.6) is 0 Å². The second kappa shape index (κ2) is 8.53. The van der Waals surface area contributed by atoms with E-state index in [2.05, 4.69) is 21.0 Å². The van der Waals surface area contributed by atoms with Crippen LogP contribution in [0.25, 0.3) is 11.3 Å². The van der Waals surface area contributed by atoms with E-state index < -0.39 is 0 Å². The molecule has 6 heteroatoms. The van der Waals surface area contributed by atoms with E-state index in [0.717, 1.165) is 68.0 Å². The van der Waals surface area contributed by atoms with Crippen LogP contribution in [-0.2, 0) is 11.3 Å². The lowest BCUT2D eigenvalue weighted by Crippen LogP contribution is -2.49. The standard InChI is InChI=1S/C20H26ClN3O2/c21-17-6-4-16(5-7-17)20-13-19(26-22-20)15-24-8-2-1-3-18(24)14-23-9-11-25-12-10-23/h4-7,13,18H,1-3,8-12,14-15H2. The van der Waals surface area contributed by atoms with Crippen LogP contribution in [0.15, 0.2) is 34.9 Å². The minimum absolute atomic E-state index is 0.589. The zero-order chi connectivity index (χ0) is 17.8. The van der Waals surface area contributed by atoms with Crippen LogP contribution in [0.4, 0.5) is 0 Å². The lowest BCUT2D eigenvalue weighted by Gasteiger charge is -2.39. The fourth-order valence-corrected chi connectivity index (χ4v) is 4.03. The Morgan fingerprint density at radius 1 is 1.08 bits per heavy atom. The van der Waals surface area contributed by atoms with Gasteiger partial charge in [0.05, 0.1) is 19.8 Å². The summed E-state index contributed by atoms with van der Waals surface area (Å²) in [5, 5.41) is 4.98. The van der Waals surface area contributed by atoms with Crippen molar-refractivity contribution in [2.75, 3.05) is 39.4 Å². The molecule has 0 radical (unpaired) electrons. The molecule has 2 saturated heterocycles. The van der Waals surface area contributed by atoms with E-state index in [-0.39, 0.29) is 0 Å². The highest BCUT2D eigenvalue weighted by Crippen LogP contribution is 2.25. The molecule has 2 aromatic rings. The summed E-state index contributed by atoms with van der Waals surface area (Å²) in [5.41, 5.74) is 1.91. The smallest absolute Gasteiger partial charge is 0.151 e. The molecule has 1 aromatic carbocycles. The first kappa shape index (κ1) is 18.0. The van der Waals surface area contributed by atoms with Crippen molar-refractivity contribution in [3.05, 3.63) is 41.1 Å². The minimum Gasteiger partial charge on any atom is -0.379 e. The largest absolute Gasteiger partial charge is 0.379 e. The van der Waals surface area contributed by atoms with E-state index in [0.29, 0.717) is 6.04 Å². The Balaban J connectivity index is 1.40. The zero-order valence-electron chi connectivity index (χ0n) is 15.1. The number of hydrogen-bond acceptors (Lipinski definition) is 5. The van der Waals surface area contributed by atoms with E-state index in [4.69, 9.17) is 20.9 Å². The summed E-state index contributed by atoms with van der Waals surface area (Å²) in [4.78, 5) is 5.09. The van der Waals surface area contributed by atoms with Crippen LogP contribution in [0.3, 0.4) is 0 Å². The van der Waals surface area contributed by atoms with Gasteiger partial charge in [-0.05, 0) is 31.5 Å². The molecular weight excluding hydrogens is 350 g/mol. The molecule has 5 nitrogen and oxygen atoms in total. The summed E-state index contributed by atoms with van der Waals surface area (Å²) in [6.07, 6.45) is 3.84. The number of morpholine rings is 1. The number of halogens is 1. The van der Waals surface area contributed by atoms with Crippen molar-refractivity contribution in [2.24, 2.45) is 0 Å². The Morgan fingerprint density at radius 3 is 2.69 bits per heavy atom. The first-order valence-electron chi connectivity index (χ1n) is 9.53. The van der Waals surface area contributed by atoms with Gasteiger partial charge in [0, 0.05) is 42.3 Å². The molecule has 26 heavy (non-hydrogen) atoms. The van der Waals surface area contributed by atoms with Crippen molar-refractivity contribution in [2.45, 2.75) is 31.8 Å². The zero-order valence-corrected chi connectivity index (χ0v) is 15.8. The third-order valence-electron chi connectivity index (χ3n) is 5.38. The molecule has 0 spiro atoms. The maximum Gasteiger partial charge on any atom is 0.151 e. The Bertz CT molecular complexity index is 697. The van der Waals surface area contributed by atoms with Gasteiger partial charge in [-0.15, -0.1) is 0 Å². The van der Waals surface area contributed by atoms with Gasteiger partial charge in [0.15, 0.2) is 5.76 Å². The number of rotatable bonds is 5. The number of benzene rings is 1. The van der Waals surface area contributed by atoms with E-state index in [1.54, 1.807) is 0 Å². The highest BCUT2D eigenvalue weighted by molar-refractivity contribution is 6.30. The van der Waals surface area contributed by atoms with Crippen molar-refractivity contribution in [1.82, 2.24) is 15.0 Å². The molecule has 2 fully saturated rings. The van der Waals surface area contributed by atoms with E-state index in [9.17, 15) is 0 Å². The minimum atomic E-state index is 0.589. The third-order valence-corrected chi connectivity index (χ3v) is 5.63. The molecule has 2 aliphatic rings. The SMILES string of the molecule is Clc1ccc(-c2cc(CN3CCCCC3CN3CCOCC3)on2)cc1. The summed E-state index contributed by atoms with van der Waals surface area (Å²) in [6, 6.07) is 10.4. The Hall–Kier alpha value is -1.40. The van der Waals surface area contributed by atoms with Gasteiger partial charge < -0.3 is 9.26 Å². The Morgan fingerprint density at radius 2 is 1.88 bits per heavy atom. The third kappa shape index (κ3) is 4.46. The van der Waals surface area contributed by atoms with Gasteiger partial charge in [0.1, 0.15) is 5.69 Å². The predicted molar refractivity (Wildman–Crippen MR) is 102 cm³/mol. The van der Waals surface area contributed by atoms with E-state index >= 15 is 0 Å². The molecule has 1 atom stereocenters. The summed E-state index contributed by atoms with van der Waals surface area (Å²) in [6.45, 7) is 6.91. The van der Waals surface area contributed by atoms with Gasteiger partial charge in [-0.25, -0.2) is 0 Å². The molecular formula is C20H26ClN3O2. The second-order valence-electron chi connectivity index (χ2n) is 7.22. The van der Waals surface area contributed by atoms with Crippen LogP contribution in [0.1, 0.15) is 25.0 Å². The first-order chi connectivity index (χ1) is 12.8. The Kier molecular flexibility index (Phi) is 5.90. The summed E-state index contributed by atoms with van der Waals surface area (Å²) in [5.74, 6) is 0.934. The van der Waals surface area contributed by atoms with Gasteiger partial charge in [-0.3, -0.25) is 9.80 Å². The van der Waals surface area contributed by atoms with Crippen molar-refractivity contribution >= 4 is 11.6 Å². The molecule has 0 N–H and O–H groups in total. The molecule has 1 aromatic heterocycles. The number of ether oxygens (including phenoxy) is 1. The normalized spacial score (nSPS) is 22.6. The predicted octanol–water partition coefficient (Wildman–Crippen LogP) is 3.68. The summed E-state index contributed by atoms with van der Waals surface area (Å²) in [7, 11) is 0. The maximum atomic E-state index is 5.97. The average Bonchev–Trinajstić information content (AvgIpc) is 3.13. The second-order valence-corrected chi connectivity index (χ2v) is 7.65. The van der Waals surface area contributed by atoms with Gasteiger partial charge in [0.25, 0.3) is 0 Å². The van der Waals surface area contributed by atoms with Gasteiger partial charge in [0.2, 0.25) is 0 Å². The molecule has 4 rings (SSSR count). The number of piperidine rings is 1. The van der Waals surface area contributed by atoms with Crippen molar-refractivity contribution in [3.63, 3.8) is 0 Å². The molecule has 140 valence electrons. The lowest BCUT2D eigenvalue weighted by molar-refractivity contribution is 0.0139. The molecule has 2 aliphatic heterocycles. The fourth-order valence-electron chi connectivity index (χ4n) is 3.90. The number of nitrogens with zero attached hydrogens (tertiary/aromatic N) is 3. The number of aromatic nitrogens is 1. The number of hydrogen-bond donors (Lipinski definition) is 0. The fraction of sp³-hybridized carbons (Fsp3) is 0.550. The van der Waals surface area contributed by atoms with Crippen molar-refractivity contribution in [3.8, 4) is 11.3 Å². The Labute approximate surface area is 159 Å². The van der Waals surface area contributed by atoms with Crippen molar-refractivity contribution in [1.29, 1.82) is 0 Å². The molecule has 0 bridgehead atoms. The van der Waals surface area contributed by atoms with Crippen LogP contribution < -0.4 is 0 Å². The highest BCUT2D eigenvalue weighted by atomic mass is 35.5. The highest BCUT2D eigenvalue weighted by Gasteiger charge is 2.26. The topological polar surface area (TPSA) is 41.7 Å². The summed E-state index contributed by atoms with van der Waals surface area (Å²) < 4.78 is 11.1. The number of likely N-dealkylation sites (tertiary alicyclic amines) is 1. The van der Waals surface area contributed by atoms with Gasteiger partial charge in [-0.2, -0.15) is 0 Å². The molecule has 0 aliphatic carbocycles. The summed E-state index contributed by atoms with van der Waals surface area (Å²) >= 11 is 5.97.